The van der Waals surface area contributed by atoms with Crippen LogP contribution >= 0.6 is 34.8 Å². The van der Waals surface area contributed by atoms with E-state index >= 15 is 0 Å². The number of hydrogen-bond donors (Lipinski definition) is 2. The summed E-state index contributed by atoms with van der Waals surface area (Å²) in [6.07, 6.45) is 2.10. The molecule has 2 aromatic carbocycles. The van der Waals surface area contributed by atoms with Crippen LogP contribution in [0.25, 0.3) is 0 Å². The fourth-order valence-corrected chi connectivity index (χ4v) is 4.31. The molecule has 0 fully saturated rings. The summed E-state index contributed by atoms with van der Waals surface area (Å²) >= 11 is 18.9. The molecule has 6 nitrogen and oxygen atoms in total. The molecule has 1 aliphatic rings. The number of H-pyrrole nitrogens is 1. The fourth-order valence-electron chi connectivity index (χ4n) is 3.73. The van der Waals surface area contributed by atoms with Crippen molar-refractivity contribution in [2.24, 2.45) is 0 Å². The van der Waals surface area contributed by atoms with Crippen LogP contribution in [0.5, 0.6) is 0 Å². The summed E-state index contributed by atoms with van der Waals surface area (Å²) < 4.78 is 0. The monoisotopic (exact) mass is 463 g/mol. The molecule has 2 heterocycles. The number of imidazole rings is 1. The molecule has 2 N–H and O–H groups in total. The Labute approximate surface area is 187 Å². The molecule has 1 aliphatic heterocycles. The third-order valence-electron chi connectivity index (χ3n) is 5.22. The minimum Gasteiger partial charge on any atom is -0.478 e. The van der Waals surface area contributed by atoms with E-state index in [1.54, 1.807) is 36.4 Å². The third kappa shape index (κ3) is 3.45. The zero-order valence-electron chi connectivity index (χ0n) is 15.7. The van der Waals surface area contributed by atoms with Gasteiger partial charge in [-0.05, 0) is 30.7 Å². The summed E-state index contributed by atoms with van der Waals surface area (Å²) in [6.45, 7) is 2.03. The van der Waals surface area contributed by atoms with Crippen LogP contribution in [0.15, 0.2) is 36.7 Å². The van der Waals surface area contributed by atoms with E-state index in [1.807, 2.05) is 0 Å². The average molecular weight is 465 g/mol. The highest BCUT2D eigenvalue weighted by atomic mass is 35.5. The molecule has 1 aromatic heterocycles. The van der Waals surface area contributed by atoms with Crippen LogP contribution in [0.1, 0.15) is 49.3 Å². The number of halogens is 3. The number of carbonyl (C=O) groups excluding carboxylic acids is 1. The first-order valence-electron chi connectivity index (χ1n) is 9.10. The average Bonchev–Trinajstić information content (AvgIpc) is 3.19. The van der Waals surface area contributed by atoms with E-state index in [2.05, 4.69) is 9.97 Å². The number of carbonyl (C=O) groups is 2. The molecule has 154 valence electrons. The molecule has 0 spiro atoms. The summed E-state index contributed by atoms with van der Waals surface area (Å²) in [4.78, 5) is 34.5. The summed E-state index contributed by atoms with van der Waals surface area (Å²) in [6, 6.07) is 7.38. The Morgan fingerprint density at radius 2 is 1.93 bits per heavy atom. The summed E-state index contributed by atoms with van der Waals surface area (Å²) in [7, 11) is 0. The maximum Gasteiger partial charge on any atom is 0.336 e. The molecule has 9 heteroatoms. The smallest absolute Gasteiger partial charge is 0.336 e. The molecular weight excluding hydrogens is 449 g/mol. The summed E-state index contributed by atoms with van der Waals surface area (Å²) in [5.41, 5.74) is 2.63. The van der Waals surface area contributed by atoms with Crippen LogP contribution < -0.4 is 0 Å². The largest absolute Gasteiger partial charge is 0.478 e. The van der Waals surface area contributed by atoms with Gasteiger partial charge in [0.15, 0.2) is 0 Å². The van der Waals surface area contributed by atoms with Gasteiger partial charge < -0.3 is 15.0 Å². The predicted octanol–water partition coefficient (Wildman–Crippen LogP) is 5.16. The maximum absolute atomic E-state index is 13.6. The number of benzene rings is 2. The topological polar surface area (TPSA) is 86.3 Å². The van der Waals surface area contributed by atoms with Crippen LogP contribution in [0.3, 0.4) is 0 Å². The molecular formula is C21H16Cl3N3O3. The molecule has 3 aromatic rings. The number of aromatic amines is 1. The predicted molar refractivity (Wildman–Crippen MR) is 115 cm³/mol. The summed E-state index contributed by atoms with van der Waals surface area (Å²) in [5, 5.41) is 10.6. The van der Waals surface area contributed by atoms with Crippen molar-refractivity contribution >= 4 is 46.7 Å². The van der Waals surface area contributed by atoms with Gasteiger partial charge in [0.1, 0.15) is 6.04 Å². The zero-order valence-corrected chi connectivity index (χ0v) is 18.0. The van der Waals surface area contributed by atoms with Crippen molar-refractivity contribution in [3.05, 3.63) is 85.4 Å². The van der Waals surface area contributed by atoms with Gasteiger partial charge in [-0.25, -0.2) is 9.78 Å². The van der Waals surface area contributed by atoms with Gasteiger partial charge in [-0.1, -0.05) is 46.9 Å². The molecule has 30 heavy (non-hydrogen) atoms. The van der Waals surface area contributed by atoms with Gasteiger partial charge in [-0.3, -0.25) is 4.79 Å². The minimum atomic E-state index is -1.20. The Kier molecular flexibility index (Phi) is 5.49. The number of amides is 1. The highest BCUT2D eigenvalue weighted by molar-refractivity contribution is 6.42. The lowest BCUT2D eigenvalue weighted by Crippen LogP contribution is -2.41. The van der Waals surface area contributed by atoms with Crippen molar-refractivity contribution < 1.29 is 14.7 Å². The normalized spacial score (nSPS) is 15.7. The van der Waals surface area contributed by atoms with E-state index in [1.165, 1.54) is 12.1 Å². The highest BCUT2D eigenvalue weighted by Crippen LogP contribution is 2.40. The van der Waals surface area contributed by atoms with E-state index in [0.29, 0.717) is 44.9 Å². The van der Waals surface area contributed by atoms with Gasteiger partial charge >= 0.3 is 5.97 Å². The van der Waals surface area contributed by atoms with Crippen LogP contribution in [0.4, 0.5) is 0 Å². The molecule has 0 radical (unpaired) electrons. The minimum absolute atomic E-state index is 0.0141. The van der Waals surface area contributed by atoms with E-state index < -0.39 is 17.9 Å². The van der Waals surface area contributed by atoms with Crippen LogP contribution in [0, 0.1) is 6.92 Å². The number of rotatable bonds is 3. The number of aromatic nitrogens is 2. The first-order chi connectivity index (χ1) is 14.3. The lowest BCUT2D eigenvalue weighted by Gasteiger charge is -2.36. The van der Waals surface area contributed by atoms with Crippen molar-refractivity contribution in [2.45, 2.75) is 19.4 Å². The van der Waals surface area contributed by atoms with Gasteiger partial charge in [0.2, 0.25) is 0 Å². The van der Waals surface area contributed by atoms with Gasteiger partial charge in [0, 0.05) is 29.2 Å². The number of aryl methyl sites for hydroxylation is 1. The van der Waals surface area contributed by atoms with Crippen molar-refractivity contribution in [2.75, 3.05) is 6.54 Å². The fraction of sp³-hybridized carbons (Fsp3) is 0.190. The number of fused-ring (bicyclic) bond motifs is 1. The Bertz CT molecular complexity index is 1180. The van der Waals surface area contributed by atoms with Gasteiger partial charge in [-0.2, -0.15) is 0 Å². The van der Waals surface area contributed by atoms with E-state index in [9.17, 15) is 14.7 Å². The van der Waals surface area contributed by atoms with Gasteiger partial charge in [-0.15, -0.1) is 0 Å². The number of hydrogen-bond acceptors (Lipinski definition) is 3. The standard InChI is InChI=1S/C21H16Cl3N3O3/c1-10-7-13(21(29)30)12(8-15(10)23)20(28)27-6-5-16-18(26-9-25-16)19(27)11-3-2-4-14(22)17(11)24/h2-4,7-9,19H,5-6H2,1H3,(H,25,26)(H,29,30). The van der Waals surface area contributed by atoms with Crippen molar-refractivity contribution in [3.63, 3.8) is 0 Å². The highest BCUT2D eigenvalue weighted by Gasteiger charge is 2.37. The molecule has 1 unspecified atom stereocenters. The number of nitrogens with one attached hydrogen (secondary N) is 1. The lowest BCUT2D eigenvalue weighted by molar-refractivity contribution is 0.0651. The van der Waals surface area contributed by atoms with Crippen molar-refractivity contribution in [3.8, 4) is 0 Å². The van der Waals surface area contributed by atoms with E-state index in [4.69, 9.17) is 34.8 Å². The molecule has 0 saturated heterocycles. The first-order valence-corrected chi connectivity index (χ1v) is 10.2. The molecule has 4 rings (SSSR count). The second kappa shape index (κ2) is 7.95. The van der Waals surface area contributed by atoms with Crippen molar-refractivity contribution in [1.29, 1.82) is 0 Å². The van der Waals surface area contributed by atoms with E-state index in [0.717, 1.165) is 5.69 Å². The van der Waals surface area contributed by atoms with Crippen LogP contribution in [-0.2, 0) is 6.42 Å². The molecule has 0 bridgehead atoms. The Morgan fingerprint density at radius 1 is 1.17 bits per heavy atom. The van der Waals surface area contributed by atoms with E-state index in [-0.39, 0.29) is 11.1 Å². The Morgan fingerprint density at radius 3 is 2.67 bits per heavy atom. The van der Waals surface area contributed by atoms with Gasteiger partial charge in [0.05, 0.1) is 33.2 Å². The van der Waals surface area contributed by atoms with Crippen LogP contribution in [0.2, 0.25) is 15.1 Å². The molecule has 0 aliphatic carbocycles. The zero-order chi connectivity index (χ0) is 21.6. The number of aromatic carboxylic acids is 1. The number of carboxylic acids is 1. The first kappa shape index (κ1) is 20.7. The molecule has 1 atom stereocenters. The van der Waals surface area contributed by atoms with Gasteiger partial charge in [0.25, 0.3) is 5.91 Å². The van der Waals surface area contributed by atoms with Crippen LogP contribution in [-0.4, -0.2) is 38.4 Å². The third-order valence-corrected chi connectivity index (χ3v) is 6.46. The number of carboxylic acid groups (broad SMARTS) is 1. The van der Waals surface area contributed by atoms with Crippen molar-refractivity contribution in [1.82, 2.24) is 14.9 Å². The Balaban J connectivity index is 1.88. The SMILES string of the molecule is Cc1cc(C(=O)O)c(C(=O)N2CCc3[nH]cnc3C2c2cccc(Cl)c2Cl)cc1Cl. The second-order valence-corrected chi connectivity index (χ2v) is 8.20. The summed E-state index contributed by atoms with van der Waals surface area (Å²) in [5.74, 6) is -1.67. The molecule has 1 amide bonds. The molecule has 0 saturated carbocycles. The number of nitrogens with zero attached hydrogens (tertiary/aromatic N) is 2. The quantitative estimate of drug-likeness (QED) is 0.560. The second-order valence-electron chi connectivity index (χ2n) is 7.01. The Hall–Kier alpha value is -2.54. The maximum atomic E-state index is 13.6. The lowest BCUT2D eigenvalue weighted by atomic mass is 9.93.